The molecule has 0 saturated heterocycles. The van der Waals surface area contributed by atoms with Crippen molar-refractivity contribution in [1.29, 1.82) is 0 Å². The van der Waals surface area contributed by atoms with Gasteiger partial charge in [-0.3, -0.25) is 14.9 Å². The molecule has 0 fully saturated rings. The fourth-order valence-electron chi connectivity index (χ4n) is 2.28. The van der Waals surface area contributed by atoms with Crippen LogP contribution in [-0.4, -0.2) is 33.9 Å². The second-order valence-electron chi connectivity index (χ2n) is 6.35. The molecule has 0 saturated carbocycles. The molecule has 6 nitrogen and oxygen atoms in total. The summed E-state index contributed by atoms with van der Waals surface area (Å²) in [6.07, 6.45) is 0.881. The number of hydrogen-bond acceptors (Lipinski definition) is 5. The van der Waals surface area contributed by atoms with Gasteiger partial charge in [-0.25, -0.2) is 0 Å². The topological polar surface area (TPSA) is 84.0 Å². The van der Waals surface area contributed by atoms with Gasteiger partial charge >= 0.3 is 0 Å². The van der Waals surface area contributed by atoms with E-state index >= 15 is 0 Å². The summed E-state index contributed by atoms with van der Waals surface area (Å²) in [5.74, 6) is -0.124. The highest BCUT2D eigenvalue weighted by atomic mass is 35.5. The number of hydrogen-bond donors (Lipinski definition) is 2. The average molecular weight is 395 g/mol. The molecule has 0 radical (unpaired) electrons. The lowest BCUT2D eigenvalue weighted by Crippen LogP contribution is -2.47. The predicted molar refractivity (Wildman–Crippen MR) is 105 cm³/mol. The number of halogens is 1. The number of nitrogens with one attached hydrogen (secondary N) is 2. The Kier molecular flexibility index (Phi) is 7.53. The average Bonchev–Trinajstić information content (AvgIpc) is 3.06. The Labute approximate surface area is 162 Å². The summed E-state index contributed by atoms with van der Waals surface area (Å²) < 4.78 is 0. The maximum Gasteiger partial charge on any atom is 0.249 e. The first-order valence-corrected chi connectivity index (χ1v) is 9.82. The van der Waals surface area contributed by atoms with Crippen LogP contribution < -0.4 is 10.6 Å². The number of aromatic nitrogens is 2. The zero-order valence-corrected chi connectivity index (χ0v) is 16.7. The smallest absolute Gasteiger partial charge is 0.249 e. The van der Waals surface area contributed by atoms with Gasteiger partial charge in [-0.15, -0.1) is 21.8 Å². The molecule has 26 heavy (non-hydrogen) atoms. The number of anilines is 1. The van der Waals surface area contributed by atoms with E-state index in [0.29, 0.717) is 23.9 Å². The molecule has 2 amide bonds. The molecule has 2 rings (SSSR count). The van der Waals surface area contributed by atoms with Crippen LogP contribution in [-0.2, 0) is 9.59 Å². The Morgan fingerprint density at radius 2 is 1.88 bits per heavy atom. The first-order valence-electron chi connectivity index (χ1n) is 8.47. The summed E-state index contributed by atoms with van der Waals surface area (Å²) in [6, 6.07) is 7.30. The number of alkyl halides is 1. The van der Waals surface area contributed by atoms with Crippen LogP contribution in [0.4, 0.5) is 5.13 Å². The Balaban J connectivity index is 2.02. The molecule has 0 aliphatic rings. The molecule has 0 bridgehead atoms. The van der Waals surface area contributed by atoms with Gasteiger partial charge in [0.15, 0.2) is 0 Å². The first kappa shape index (κ1) is 20.3. The Morgan fingerprint density at radius 3 is 2.50 bits per heavy atom. The van der Waals surface area contributed by atoms with Crippen molar-refractivity contribution < 1.29 is 9.59 Å². The highest BCUT2D eigenvalue weighted by Crippen LogP contribution is 2.26. The number of amides is 2. The maximum atomic E-state index is 12.5. The van der Waals surface area contributed by atoms with Crippen LogP contribution >= 0.6 is 22.9 Å². The number of benzene rings is 1. The van der Waals surface area contributed by atoms with Gasteiger partial charge in [0.25, 0.3) is 0 Å². The van der Waals surface area contributed by atoms with Crippen molar-refractivity contribution in [3.63, 3.8) is 0 Å². The van der Waals surface area contributed by atoms with Gasteiger partial charge in [0.05, 0.1) is 0 Å². The van der Waals surface area contributed by atoms with Gasteiger partial charge in [-0.2, -0.15) is 0 Å². The second kappa shape index (κ2) is 9.64. The molecule has 2 aromatic rings. The summed E-state index contributed by atoms with van der Waals surface area (Å²) in [6.45, 7) is 5.77. The van der Waals surface area contributed by atoms with E-state index in [1.54, 1.807) is 0 Å². The third-order valence-corrected chi connectivity index (χ3v) is 4.91. The van der Waals surface area contributed by atoms with Crippen LogP contribution in [0.5, 0.6) is 0 Å². The molecule has 1 aromatic heterocycles. The fraction of sp³-hybridized carbons (Fsp3) is 0.444. The molecule has 1 heterocycles. The summed E-state index contributed by atoms with van der Waals surface area (Å²) >= 11 is 6.90. The molecular weight excluding hydrogens is 372 g/mol. The highest BCUT2D eigenvalue weighted by Gasteiger charge is 2.25. The Hall–Kier alpha value is -1.99. The SMILES string of the molecule is Cc1ccc(-c2nnc(NC(=O)C(NC(=O)CCCCl)C(C)C)s2)cc1. The van der Waals surface area contributed by atoms with Crippen LogP contribution in [0.2, 0.25) is 0 Å². The molecule has 1 unspecified atom stereocenters. The fourth-order valence-corrected chi connectivity index (χ4v) is 3.16. The van der Waals surface area contributed by atoms with Gasteiger partial charge in [-0.1, -0.05) is 55.0 Å². The van der Waals surface area contributed by atoms with Crippen LogP contribution in [0, 0.1) is 12.8 Å². The van der Waals surface area contributed by atoms with E-state index in [9.17, 15) is 9.59 Å². The minimum Gasteiger partial charge on any atom is -0.344 e. The van der Waals surface area contributed by atoms with E-state index in [1.807, 2.05) is 45.0 Å². The number of carbonyl (C=O) groups excluding carboxylic acids is 2. The lowest BCUT2D eigenvalue weighted by Gasteiger charge is -2.20. The van der Waals surface area contributed by atoms with E-state index in [2.05, 4.69) is 20.8 Å². The van der Waals surface area contributed by atoms with Crippen molar-refractivity contribution in [2.75, 3.05) is 11.2 Å². The minimum atomic E-state index is -0.635. The number of rotatable bonds is 8. The molecule has 140 valence electrons. The number of carbonyl (C=O) groups is 2. The zero-order chi connectivity index (χ0) is 19.1. The van der Waals surface area contributed by atoms with Crippen molar-refractivity contribution in [1.82, 2.24) is 15.5 Å². The Bertz CT molecular complexity index is 746. The Morgan fingerprint density at radius 1 is 1.19 bits per heavy atom. The van der Waals surface area contributed by atoms with E-state index in [1.165, 1.54) is 11.3 Å². The second-order valence-corrected chi connectivity index (χ2v) is 7.70. The predicted octanol–water partition coefficient (Wildman–Crippen LogP) is 3.61. The van der Waals surface area contributed by atoms with Gasteiger partial charge < -0.3 is 5.32 Å². The maximum absolute atomic E-state index is 12.5. The minimum absolute atomic E-state index is 0.0561. The van der Waals surface area contributed by atoms with Gasteiger partial charge in [0, 0.05) is 17.9 Å². The third kappa shape index (κ3) is 5.78. The van der Waals surface area contributed by atoms with Crippen LogP contribution in [0.3, 0.4) is 0 Å². The van der Waals surface area contributed by atoms with E-state index < -0.39 is 6.04 Å². The molecule has 0 aliphatic carbocycles. The first-order chi connectivity index (χ1) is 12.4. The number of aryl methyl sites for hydroxylation is 1. The summed E-state index contributed by atoms with van der Waals surface area (Å²) in [5.41, 5.74) is 2.11. The molecule has 1 aromatic carbocycles. The lowest BCUT2D eigenvalue weighted by molar-refractivity contribution is -0.127. The van der Waals surface area contributed by atoms with Gasteiger partial charge in [-0.05, 0) is 19.3 Å². The lowest BCUT2D eigenvalue weighted by atomic mass is 10.0. The number of nitrogens with zero attached hydrogens (tertiary/aromatic N) is 2. The van der Waals surface area contributed by atoms with Crippen LogP contribution in [0.25, 0.3) is 10.6 Å². The van der Waals surface area contributed by atoms with Crippen molar-refractivity contribution >= 4 is 39.9 Å². The van der Waals surface area contributed by atoms with E-state index in [0.717, 1.165) is 16.1 Å². The molecule has 2 N–H and O–H groups in total. The largest absolute Gasteiger partial charge is 0.344 e. The molecular formula is C18H23ClN4O2S. The quantitative estimate of drug-likeness (QED) is 0.670. The van der Waals surface area contributed by atoms with Crippen molar-refractivity contribution in [2.24, 2.45) is 5.92 Å². The van der Waals surface area contributed by atoms with Crippen LogP contribution in [0.1, 0.15) is 32.3 Å². The standard InChI is InChI=1S/C18H23ClN4O2S/c1-11(2)15(20-14(24)5-4-10-19)16(25)21-18-23-22-17(26-18)13-8-6-12(3)7-9-13/h6-9,11,15H,4-5,10H2,1-3H3,(H,20,24)(H,21,23,25). The van der Waals surface area contributed by atoms with Crippen LogP contribution in [0.15, 0.2) is 24.3 Å². The molecule has 8 heteroatoms. The summed E-state index contributed by atoms with van der Waals surface area (Å²) in [5, 5.41) is 14.8. The van der Waals surface area contributed by atoms with E-state index in [-0.39, 0.29) is 17.7 Å². The monoisotopic (exact) mass is 394 g/mol. The normalized spacial score (nSPS) is 12.0. The van der Waals surface area contributed by atoms with Crippen molar-refractivity contribution in [3.8, 4) is 10.6 Å². The van der Waals surface area contributed by atoms with Gasteiger partial charge in [0.2, 0.25) is 16.9 Å². The highest BCUT2D eigenvalue weighted by molar-refractivity contribution is 7.18. The summed E-state index contributed by atoms with van der Waals surface area (Å²) in [4.78, 5) is 24.5. The summed E-state index contributed by atoms with van der Waals surface area (Å²) in [7, 11) is 0. The molecule has 0 spiro atoms. The van der Waals surface area contributed by atoms with Crippen molar-refractivity contribution in [2.45, 2.75) is 39.7 Å². The van der Waals surface area contributed by atoms with Crippen molar-refractivity contribution in [3.05, 3.63) is 29.8 Å². The zero-order valence-electron chi connectivity index (χ0n) is 15.1. The van der Waals surface area contributed by atoms with E-state index in [4.69, 9.17) is 11.6 Å². The third-order valence-electron chi connectivity index (χ3n) is 3.76. The molecule has 0 aliphatic heterocycles. The molecule has 1 atom stereocenters. The van der Waals surface area contributed by atoms with Gasteiger partial charge in [0.1, 0.15) is 11.0 Å².